The Morgan fingerprint density at radius 3 is 2.61 bits per heavy atom. The van der Waals surface area contributed by atoms with Gasteiger partial charge in [-0.15, -0.1) is 5.06 Å². The molecule has 3 aliphatic rings. The van der Waals surface area contributed by atoms with Gasteiger partial charge in [-0.3, -0.25) is 9.59 Å². The van der Waals surface area contributed by atoms with Gasteiger partial charge < -0.3 is 14.6 Å². The molecule has 0 spiro atoms. The number of hydrogen-bond donors (Lipinski definition) is 1. The Morgan fingerprint density at radius 1 is 1.21 bits per heavy atom. The summed E-state index contributed by atoms with van der Waals surface area (Å²) in [7, 11) is 1.26. The van der Waals surface area contributed by atoms with Crippen molar-refractivity contribution in [3.8, 4) is 0 Å². The average Bonchev–Trinajstić information content (AvgIpc) is 3.10. The Labute approximate surface area is 192 Å². The molecule has 9 nitrogen and oxygen atoms in total. The van der Waals surface area contributed by atoms with Gasteiger partial charge in [-0.05, 0) is 35.6 Å². The second-order valence-electron chi connectivity index (χ2n) is 8.16. The first-order chi connectivity index (χ1) is 15.8. The van der Waals surface area contributed by atoms with Crippen LogP contribution in [0.25, 0.3) is 5.31 Å². The number of hydrogen-bond acceptors (Lipinski definition) is 7. The van der Waals surface area contributed by atoms with Crippen LogP contribution in [-0.4, -0.2) is 48.4 Å². The zero-order valence-corrected chi connectivity index (χ0v) is 19.4. The minimum absolute atomic E-state index is 0.0134. The lowest BCUT2D eigenvalue weighted by atomic mass is 9.94. The molecule has 0 bridgehead atoms. The molecule has 2 heterocycles. The van der Waals surface area contributed by atoms with Crippen LogP contribution in [0, 0.1) is 0 Å². The van der Waals surface area contributed by atoms with E-state index in [4.69, 9.17) is 4.84 Å². The fourth-order valence-corrected chi connectivity index (χ4v) is 4.94. The van der Waals surface area contributed by atoms with Crippen molar-refractivity contribution in [2.75, 3.05) is 30.4 Å². The van der Waals surface area contributed by atoms with Crippen LogP contribution in [0.15, 0.2) is 47.7 Å². The number of fused-ring (bicyclic) bond motifs is 2. The topological polar surface area (TPSA) is 107 Å². The first-order valence-corrected chi connectivity index (χ1v) is 11.9. The fourth-order valence-electron chi connectivity index (χ4n) is 4.15. The van der Waals surface area contributed by atoms with E-state index in [1.54, 1.807) is 0 Å². The zero-order valence-electron chi connectivity index (χ0n) is 18.5. The Hall–Kier alpha value is -3.29. The van der Waals surface area contributed by atoms with Gasteiger partial charge >= 0.3 is 14.0 Å². The van der Waals surface area contributed by atoms with Crippen LogP contribution in [0.4, 0.5) is 11.4 Å². The smallest absolute Gasteiger partial charge is 0.378 e. The van der Waals surface area contributed by atoms with Gasteiger partial charge in [0.25, 0.3) is 11.8 Å². The minimum atomic E-state index is -2.58. The minimum Gasteiger partial charge on any atom is -0.378 e. The largest absolute Gasteiger partial charge is 0.547 e. The average molecular weight is 470 g/mol. The number of anilines is 2. The van der Waals surface area contributed by atoms with Crippen LogP contribution >= 0.6 is 8.03 Å². The van der Waals surface area contributed by atoms with E-state index in [0.717, 1.165) is 17.1 Å². The molecule has 2 aliphatic heterocycles. The van der Waals surface area contributed by atoms with Crippen molar-refractivity contribution >= 4 is 42.5 Å². The monoisotopic (exact) mass is 470 g/mol. The number of imide groups is 1. The third kappa shape index (κ3) is 4.47. The predicted molar refractivity (Wildman–Crippen MR) is 123 cm³/mol. The van der Waals surface area contributed by atoms with Gasteiger partial charge in [0.05, 0.1) is 16.8 Å². The van der Waals surface area contributed by atoms with E-state index in [1.165, 1.54) is 0 Å². The number of amides is 2. The molecule has 0 aromatic heterocycles. The van der Waals surface area contributed by atoms with Crippen molar-refractivity contribution < 1.29 is 28.7 Å². The summed E-state index contributed by atoms with van der Waals surface area (Å²) >= 11 is 0. The lowest BCUT2D eigenvalue weighted by Crippen LogP contribution is -2.33. The third-order valence-electron chi connectivity index (χ3n) is 5.75. The number of hydroxylamine groups is 2. The van der Waals surface area contributed by atoms with E-state index in [2.05, 4.69) is 0 Å². The molecule has 1 unspecified atom stereocenters. The maximum atomic E-state index is 12.3. The molecule has 1 atom stereocenters. The normalized spacial score (nSPS) is 17.7. The van der Waals surface area contributed by atoms with Crippen molar-refractivity contribution in [1.82, 2.24) is 5.06 Å². The number of rotatable bonds is 7. The quantitative estimate of drug-likeness (QED) is 0.478. The lowest BCUT2D eigenvalue weighted by molar-refractivity contribution is -0.197. The van der Waals surface area contributed by atoms with Crippen LogP contribution < -0.4 is 9.80 Å². The van der Waals surface area contributed by atoms with Gasteiger partial charge in [0.15, 0.2) is 0 Å². The van der Waals surface area contributed by atoms with E-state index in [0.29, 0.717) is 40.9 Å². The molecule has 0 saturated carbocycles. The highest BCUT2D eigenvalue weighted by Gasteiger charge is 2.39. The summed E-state index contributed by atoms with van der Waals surface area (Å²) in [5.41, 5.74) is 3.93. The molecule has 2 amide bonds. The molecule has 1 aromatic rings. The molecule has 1 aliphatic carbocycles. The van der Waals surface area contributed by atoms with Gasteiger partial charge in [-0.1, -0.05) is 18.2 Å². The molecule has 4 rings (SSSR count). The maximum absolute atomic E-state index is 12.3. The van der Waals surface area contributed by atoms with E-state index in [-0.39, 0.29) is 19.3 Å². The molecule has 1 fully saturated rings. The number of nitrogens with zero attached hydrogens (tertiary/aromatic N) is 3. The highest BCUT2D eigenvalue weighted by atomic mass is 31.1. The number of allylic oxidation sites excluding steroid dienone is 3. The lowest BCUT2D eigenvalue weighted by Gasteiger charge is -2.35. The summed E-state index contributed by atoms with van der Waals surface area (Å²) in [6, 6.07) is 5.71. The highest BCUT2D eigenvalue weighted by Crippen LogP contribution is 2.51. The summed E-state index contributed by atoms with van der Waals surface area (Å²) in [5, 5.41) is 0.954. The summed E-state index contributed by atoms with van der Waals surface area (Å²) in [5.74, 6) is -1.66. The van der Waals surface area contributed by atoms with Crippen LogP contribution in [0.2, 0.25) is 0 Å². The Morgan fingerprint density at radius 2 is 1.94 bits per heavy atom. The van der Waals surface area contributed by atoms with E-state index >= 15 is 0 Å². The summed E-state index contributed by atoms with van der Waals surface area (Å²) in [4.78, 5) is 54.6. The summed E-state index contributed by atoms with van der Waals surface area (Å²) < 4.78 is 12.3. The summed E-state index contributed by atoms with van der Waals surface area (Å²) in [6.07, 6.45) is 7.01. The molecule has 0 radical (unpaired) electrons. The molecule has 172 valence electrons. The van der Waals surface area contributed by atoms with Crippen LogP contribution in [0.3, 0.4) is 0 Å². The molecule has 33 heavy (non-hydrogen) atoms. The van der Waals surface area contributed by atoms with Crippen LogP contribution in [0.1, 0.15) is 37.7 Å². The van der Waals surface area contributed by atoms with Crippen molar-refractivity contribution in [2.45, 2.75) is 32.1 Å². The van der Waals surface area contributed by atoms with Gasteiger partial charge in [-0.2, -0.15) is 4.89 Å². The Bertz CT molecular complexity index is 1120. The standard InChI is InChI=1S/C23H24N3O6P/c1-24(2)15-9-10-17-19(14-15)25(18-7-4-3-6-16(18)23(17)33(30)31)13-5-8-22(29)32-26-20(27)11-12-21(26)28/h3,6-7,9-10,14H,4-5,8,11-13H2,1-2H3/p+1. The Balaban J connectivity index is 1.57. The summed E-state index contributed by atoms with van der Waals surface area (Å²) in [6.45, 7) is 0.444. The van der Waals surface area contributed by atoms with Crippen molar-refractivity contribution in [3.63, 3.8) is 0 Å². The van der Waals surface area contributed by atoms with Gasteiger partial charge in [-0.25, -0.2) is 4.79 Å². The molecule has 1 N–H and O–H groups in total. The highest BCUT2D eigenvalue weighted by molar-refractivity contribution is 7.50. The first-order valence-electron chi connectivity index (χ1n) is 10.7. The van der Waals surface area contributed by atoms with E-state index < -0.39 is 25.8 Å². The fraction of sp³-hybridized carbons (Fsp3) is 0.348. The molecular weight excluding hydrogens is 445 g/mol. The van der Waals surface area contributed by atoms with Crippen molar-refractivity contribution in [2.24, 2.45) is 0 Å². The van der Waals surface area contributed by atoms with Crippen molar-refractivity contribution in [1.29, 1.82) is 0 Å². The number of benzene rings is 1. The molecule has 1 aromatic carbocycles. The van der Waals surface area contributed by atoms with Crippen LogP contribution in [-0.2, 0) is 23.8 Å². The SMILES string of the molecule is CN(C)c1ccc2c(c1)N(CCCC(=O)ON1C(=O)CCC1=O)C1=CCC=CC1=C2[P+](=O)O. The maximum Gasteiger partial charge on any atom is 0.547 e. The predicted octanol–water partition coefficient (Wildman–Crippen LogP) is 3.25. The second-order valence-corrected chi connectivity index (χ2v) is 9.15. The number of carbonyl (C=O) groups excluding carboxylic acids is 3. The van der Waals surface area contributed by atoms with Gasteiger partial charge in [0.1, 0.15) is 0 Å². The number of carbonyl (C=O) groups is 3. The van der Waals surface area contributed by atoms with Gasteiger partial charge in [0, 0.05) is 51.3 Å². The first kappa shape index (κ1) is 22.9. The Kier molecular flexibility index (Phi) is 6.44. The van der Waals surface area contributed by atoms with Crippen LogP contribution in [0.5, 0.6) is 0 Å². The van der Waals surface area contributed by atoms with Crippen molar-refractivity contribution in [3.05, 3.63) is 53.3 Å². The van der Waals surface area contributed by atoms with Gasteiger partial charge in [0.2, 0.25) is 5.31 Å². The van der Waals surface area contributed by atoms with E-state index in [1.807, 2.05) is 60.3 Å². The molecular formula is C23H25N3O6P+. The molecule has 10 heteroatoms. The second kappa shape index (κ2) is 9.29. The third-order valence-corrected chi connectivity index (χ3v) is 6.61. The zero-order chi connectivity index (χ0) is 23.7. The van der Waals surface area contributed by atoms with E-state index in [9.17, 15) is 23.8 Å². The molecule has 1 saturated heterocycles.